The summed E-state index contributed by atoms with van der Waals surface area (Å²) in [4.78, 5) is 14.2. The average molecular weight is 252 g/mol. The van der Waals surface area contributed by atoms with Crippen molar-refractivity contribution in [2.45, 2.75) is 6.43 Å². The van der Waals surface area contributed by atoms with Crippen molar-refractivity contribution in [1.82, 2.24) is 4.98 Å². The molecule has 8 heteroatoms. The third kappa shape index (κ3) is 4.49. The molecule has 0 fully saturated rings. The maximum absolute atomic E-state index is 11.7. The highest BCUT2D eigenvalue weighted by molar-refractivity contribution is 7.13. The Kier molecular flexibility index (Phi) is 5.06. The molecule has 16 heavy (non-hydrogen) atoms. The number of carboxylic acid groups (broad SMARTS) is 1. The average Bonchev–Trinajstić information content (AvgIpc) is 2.65. The Morgan fingerprint density at radius 1 is 1.69 bits per heavy atom. The third-order valence-corrected chi connectivity index (χ3v) is 2.29. The second kappa shape index (κ2) is 6.33. The van der Waals surface area contributed by atoms with Crippen molar-refractivity contribution in [2.75, 3.05) is 25.1 Å². The van der Waals surface area contributed by atoms with Gasteiger partial charge in [0.2, 0.25) is 0 Å². The molecule has 0 aliphatic rings. The van der Waals surface area contributed by atoms with E-state index in [1.54, 1.807) is 0 Å². The molecule has 1 aromatic heterocycles. The van der Waals surface area contributed by atoms with Crippen LogP contribution >= 0.6 is 11.3 Å². The largest absolute Gasteiger partial charge is 0.476 e. The summed E-state index contributed by atoms with van der Waals surface area (Å²) in [5, 5.41) is 13.2. The van der Waals surface area contributed by atoms with Gasteiger partial charge in [0.05, 0.1) is 6.61 Å². The number of alkyl halides is 2. The number of anilines is 1. The van der Waals surface area contributed by atoms with Gasteiger partial charge in [0.25, 0.3) is 6.43 Å². The van der Waals surface area contributed by atoms with Crippen LogP contribution in [0.1, 0.15) is 10.5 Å². The van der Waals surface area contributed by atoms with E-state index < -0.39 is 19.0 Å². The zero-order chi connectivity index (χ0) is 12.0. The van der Waals surface area contributed by atoms with E-state index >= 15 is 0 Å². The number of halogens is 2. The molecule has 0 aliphatic heterocycles. The molecule has 0 amide bonds. The molecule has 0 spiro atoms. The molecule has 0 saturated heterocycles. The van der Waals surface area contributed by atoms with E-state index in [2.05, 4.69) is 15.0 Å². The van der Waals surface area contributed by atoms with Crippen molar-refractivity contribution >= 4 is 22.4 Å². The van der Waals surface area contributed by atoms with Crippen LogP contribution in [0.15, 0.2) is 5.38 Å². The molecule has 0 aromatic carbocycles. The van der Waals surface area contributed by atoms with Gasteiger partial charge in [-0.05, 0) is 0 Å². The van der Waals surface area contributed by atoms with Crippen LogP contribution in [0, 0.1) is 0 Å². The van der Waals surface area contributed by atoms with E-state index in [1.165, 1.54) is 5.38 Å². The van der Waals surface area contributed by atoms with Crippen molar-refractivity contribution in [3.05, 3.63) is 11.1 Å². The zero-order valence-electron chi connectivity index (χ0n) is 8.15. The van der Waals surface area contributed by atoms with Gasteiger partial charge in [-0.15, -0.1) is 11.3 Å². The normalized spacial score (nSPS) is 10.7. The minimum atomic E-state index is -2.47. The van der Waals surface area contributed by atoms with Crippen molar-refractivity contribution in [1.29, 1.82) is 0 Å². The van der Waals surface area contributed by atoms with Gasteiger partial charge in [0.1, 0.15) is 6.61 Å². The highest BCUT2D eigenvalue weighted by Gasteiger charge is 2.07. The lowest BCUT2D eigenvalue weighted by molar-refractivity contribution is 0.0215. The van der Waals surface area contributed by atoms with Gasteiger partial charge in [-0.3, -0.25) is 0 Å². The molecule has 0 radical (unpaired) electrons. The Morgan fingerprint density at radius 2 is 2.44 bits per heavy atom. The number of rotatable bonds is 7. The summed E-state index contributed by atoms with van der Waals surface area (Å²) in [6.07, 6.45) is -2.47. The lowest BCUT2D eigenvalue weighted by atomic mass is 10.5. The Balaban J connectivity index is 2.19. The van der Waals surface area contributed by atoms with E-state index in [-0.39, 0.29) is 12.3 Å². The van der Waals surface area contributed by atoms with Crippen LogP contribution < -0.4 is 5.32 Å². The number of aromatic carboxylic acids is 1. The first kappa shape index (κ1) is 12.8. The van der Waals surface area contributed by atoms with Gasteiger partial charge in [-0.2, -0.15) is 0 Å². The first-order valence-electron chi connectivity index (χ1n) is 4.38. The molecule has 0 bridgehead atoms. The first-order chi connectivity index (χ1) is 7.59. The second-order valence-corrected chi connectivity index (χ2v) is 3.59. The maximum atomic E-state index is 11.7. The number of ether oxygens (including phenoxy) is 1. The molecule has 1 aromatic rings. The van der Waals surface area contributed by atoms with Crippen LogP contribution in [0.2, 0.25) is 0 Å². The summed E-state index contributed by atoms with van der Waals surface area (Å²) in [5.74, 6) is -1.10. The van der Waals surface area contributed by atoms with Gasteiger partial charge < -0.3 is 15.2 Å². The molecule has 0 aliphatic carbocycles. The molecule has 0 saturated carbocycles. The Bertz CT molecular complexity index is 346. The van der Waals surface area contributed by atoms with Crippen LogP contribution in [0.5, 0.6) is 0 Å². The second-order valence-electron chi connectivity index (χ2n) is 2.74. The van der Waals surface area contributed by atoms with Crippen molar-refractivity contribution in [2.24, 2.45) is 0 Å². The molecule has 0 unspecified atom stereocenters. The summed E-state index contributed by atoms with van der Waals surface area (Å²) < 4.78 is 27.9. The van der Waals surface area contributed by atoms with Crippen LogP contribution in [0.4, 0.5) is 13.9 Å². The van der Waals surface area contributed by atoms with E-state index in [0.717, 1.165) is 11.3 Å². The number of carboxylic acids is 1. The van der Waals surface area contributed by atoms with Crippen LogP contribution in [-0.2, 0) is 4.74 Å². The van der Waals surface area contributed by atoms with E-state index in [1.807, 2.05) is 0 Å². The Labute approximate surface area is 94.1 Å². The third-order valence-electron chi connectivity index (χ3n) is 1.49. The van der Waals surface area contributed by atoms with Crippen molar-refractivity contribution in [3.8, 4) is 0 Å². The fourth-order valence-corrected chi connectivity index (χ4v) is 1.57. The summed E-state index contributed by atoms with van der Waals surface area (Å²) >= 11 is 1.14. The molecule has 90 valence electrons. The maximum Gasteiger partial charge on any atom is 0.355 e. The smallest absolute Gasteiger partial charge is 0.355 e. The predicted octanol–water partition coefficient (Wildman–Crippen LogP) is 1.53. The lowest BCUT2D eigenvalue weighted by Gasteiger charge is -2.03. The monoisotopic (exact) mass is 252 g/mol. The number of nitrogens with one attached hydrogen (secondary N) is 1. The van der Waals surface area contributed by atoms with Gasteiger partial charge in [-0.1, -0.05) is 0 Å². The van der Waals surface area contributed by atoms with Gasteiger partial charge in [0.15, 0.2) is 10.8 Å². The highest BCUT2D eigenvalue weighted by atomic mass is 32.1. The summed E-state index contributed by atoms with van der Waals surface area (Å²) in [7, 11) is 0. The number of aromatic nitrogens is 1. The number of hydrogen-bond donors (Lipinski definition) is 2. The fraction of sp³-hybridized carbons (Fsp3) is 0.500. The molecule has 5 nitrogen and oxygen atoms in total. The SMILES string of the molecule is O=C(O)c1csc(NCCOCC(F)F)n1. The molecule has 2 N–H and O–H groups in total. The standard InChI is InChI=1S/C8H10F2N2O3S/c9-6(10)3-15-2-1-11-8-12-5(4-16-8)7(13)14/h4,6H,1-3H2,(H,11,12)(H,13,14). The topological polar surface area (TPSA) is 71.5 Å². The summed E-state index contributed by atoms with van der Waals surface area (Å²) in [6, 6.07) is 0. The minimum absolute atomic E-state index is 0.0407. The van der Waals surface area contributed by atoms with Gasteiger partial charge in [-0.25, -0.2) is 18.6 Å². The summed E-state index contributed by atoms with van der Waals surface area (Å²) in [6.45, 7) is -0.175. The predicted molar refractivity (Wildman–Crippen MR) is 54.4 cm³/mol. The van der Waals surface area contributed by atoms with Gasteiger partial charge in [0, 0.05) is 11.9 Å². The van der Waals surface area contributed by atoms with Crippen molar-refractivity contribution in [3.63, 3.8) is 0 Å². The number of carbonyl (C=O) groups is 1. The minimum Gasteiger partial charge on any atom is -0.476 e. The number of thiazole rings is 1. The number of hydrogen-bond acceptors (Lipinski definition) is 5. The fourth-order valence-electron chi connectivity index (χ4n) is 0.856. The first-order valence-corrected chi connectivity index (χ1v) is 5.26. The number of nitrogens with zero attached hydrogens (tertiary/aromatic N) is 1. The quantitative estimate of drug-likeness (QED) is 0.720. The molecular formula is C8H10F2N2O3S. The molecular weight excluding hydrogens is 242 g/mol. The lowest BCUT2D eigenvalue weighted by Crippen LogP contribution is -2.13. The van der Waals surface area contributed by atoms with Gasteiger partial charge >= 0.3 is 5.97 Å². The Morgan fingerprint density at radius 3 is 3.00 bits per heavy atom. The van der Waals surface area contributed by atoms with Crippen LogP contribution in [-0.4, -0.2) is 42.2 Å². The molecule has 1 heterocycles. The highest BCUT2D eigenvalue weighted by Crippen LogP contribution is 2.14. The van der Waals surface area contributed by atoms with Crippen LogP contribution in [0.3, 0.4) is 0 Å². The molecule has 1 rings (SSSR count). The Hall–Kier alpha value is -1.28. The van der Waals surface area contributed by atoms with E-state index in [9.17, 15) is 13.6 Å². The van der Waals surface area contributed by atoms with E-state index in [4.69, 9.17) is 5.11 Å². The summed E-state index contributed by atoms with van der Waals surface area (Å²) in [5.41, 5.74) is -0.0407. The van der Waals surface area contributed by atoms with Crippen LogP contribution in [0.25, 0.3) is 0 Å². The van der Waals surface area contributed by atoms with Crippen molar-refractivity contribution < 1.29 is 23.4 Å². The molecule has 0 atom stereocenters. The zero-order valence-corrected chi connectivity index (χ0v) is 8.97. The van der Waals surface area contributed by atoms with E-state index in [0.29, 0.717) is 11.7 Å².